The van der Waals surface area contributed by atoms with Crippen molar-refractivity contribution in [1.82, 2.24) is 0 Å². The highest BCUT2D eigenvalue weighted by Crippen LogP contribution is 2.56. The van der Waals surface area contributed by atoms with E-state index in [1.807, 2.05) is 0 Å². The fourth-order valence-corrected chi connectivity index (χ4v) is 4.81. The Bertz CT molecular complexity index is 280. The Kier molecular flexibility index (Phi) is 4.38. The monoisotopic (exact) mass is 253 g/mol. The second kappa shape index (κ2) is 5.50. The van der Waals surface area contributed by atoms with Gasteiger partial charge < -0.3 is 10.8 Å². The summed E-state index contributed by atoms with van der Waals surface area (Å²) in [7, 11) is 0. The minimum atomic E-state index is -0.474. The molecule has 2 fully saturated rings. The smallest absolute Gasteiger partial charge is 0.0743 e. The zero-order valence-electron chi connectivity index (χ0n) is 12.3. The predicted octanol–water partition coefficient (Wildman–Crippen LogP) is 3.47. The van der Waals surface area contributed by atoms with Crippen LogP contribution in [0.15, 0.2) is 0 Å². The zero-order valence-corrected chi connectivity index (χ0v) is 12.3. The van der Waals surface area contributed by atoms with Crippen molar-refractivity contribution in [2.24, 2.45) is 23.0 Å². The standard InChI is InChI=1S/C16H31NO/c1-3-13-8-10-15(11-13,12-17)16(18)9-6-5-7-14(16)4-2/h13-14,18H,3-12,17H2,1-2H3. The van der Waals surface area contributed by atoms with E-state index < -0.39 is 5.60 Å². The van der Waals surface area contributed by atoms with Crippen LogP contribution in [0.4, 0.5) is 0 Å². The largest absolute Gasteiger partial charge is 0.389 e. The van der Waals surface area contributed by atoms with Crippen molar-refractivity contribution in [3.05, 3.63) is 0 Å². The summed E-state index contributed by atoms with van der Waals surface area (Å²) in [5.41, 5.74) is 5.71. The van der Waals surface area contributed by atoms with E-state index in [2.05, 4.69) is 13.8 Å². The Labute approximate surface area is 112 Å². The molecule has 0 aromatic rings. The molecule has 2 saturated carbocycles. The summed E-state index contributed by atoms with van der Waals surface area (Å²) in [6.07, 6.45) is 10.6. The van der Waals surface area contributed by atoms with Crippen LogP contribution >= 0.6 is 0 Å². The minimum absolute atomic E-state index is 0.0226. The Morgan fingerprint density at radius 2 is 1.89 bits per heavy atom. The van der Waals surface area contributed by atoms with Crippen LogP contribution in [0.25, 0.3) is 0 Å². The van der Waals surface area contributed by atoms with Crippen molar-refractivity contribution >= 4 is 0 Å². The molecule has 2 rings (SSSR count). The minimum Gasteiger partial charge on any atom is -0.389 e. The molecule has 0 aliphatic heterocycles. The molecule has 0 saturated heterocycles. The molecular formula is C16H31NO. The average Bonchev–Trinajstić information content (AvgIpc) is 2.84. The second-order valence-corrected chi connectivity index (χ2v) is 6.78. The van der Waals surface area contributed by atoms with Crippen LogP contribution < -0.4 is 5.73 Å². The van der Waals surface area contributed by atoms with E-state index in [1.54, 1.807) is 0 Å². The van der Waals surface area contributed by atoms with E-state index in [9.17, 15) is 5.11 Å². The Hall–Kier alpha value is -0.0800. The topological polar surface area (TPSA) is 46.2 Å². The molecule has 0 radical (unpaired) electrons. The highest BCUT2D eigenvalue weighted by atomic mass is 16.3. The van der Waals surface area contributed by atoms with Gasteiger partial charge in [0, 0.05) is 12.0 Å². The van der Waals surface area contributed by atoms with E-state index in [4.69, 9.17) is 5.73 Å². The molecule has 0 spiro atoms. The second-order valence-electron chi connectivity index (χ2n) is 6.78. The average molecular weight is 253 g/mol. The summed E-state index contributed by atoms with van der Waals surface area (Å²) in [5, 5.41) is 11.4. The SMILES string of the molecule is CCC1CCC(CN)(C2(O)CCCCC2CC)C1. The highest BCUT2D eigenvalue weighted by Gasteiger charge is 2.56. The molecule has 3 N–H and O–H groups in total. The summed E-state index contributed by atoms with van der Waals surface area (Å²) in [5.74, 6) is 1.27. The van der Waals surface area contributed by atoms with Gasteiger partial charge in [-0.25, -0.2) is 0 Å². The van der Waals surface area contributed by atoms with Crippen LogP contribution in [0.2, 0.25) is 0 Å². The third kappa shape index (κ3) is 2.12. The van der Waals surface area contributed by atoms with Gasteiger partial charge in [-0.15, -0.1) is 0 Å². The predicted molar refractivity (Wildman–Crippen MR) is 76.3 cm³/mol. The summed E-state index contributed by atoms with van der Waals surface area (Å²) in [4.78, 5) is 0. The van der Waals surface area contributed by atoms with Gasteiger partial charge in [0.1, 0.15) is 0 Å². The summed E-state index contributed by atoms with van der Waals surface area (Å²) >= 11 is 0. The molecule has 2 aliphatic rings. The lowest BCUT2D eigenvalue weighted by Gasteiger charge is -2.52. The van der Waals surface area contributed by atoms with Crippen molar-refractivity contribution < 1.29 is 5.11 Å². The molecule has 106 valence electrons. The lowest BCUT2D eigenvalue weighted by Crippen LogP contribution is -2.57. The molecule has 0 heterocycles. The number of rotatable bonds is 4. The zero-order chi connectivity index (χ0) is 13.2. The molecule has 2 nitrogen and oxygen atoms in total. The third-order valence-electron chi connectivity index (χ3n) is 6.13. The fourth-order valence-electron chi connectivity index (χ4n) is 4.81. The van der Waals surface area contributed by atoms with Crippen molar-refractivity contribution in [2.75, 3.05) is 6.54 Å². The Morgan fingerprint density at radius 3 is 2.44 bits per heavy atom. The van der Waals surface area contributed by atoms with Crippen LogP contribution in [-0.2, 0) is 0 Å². The first-order valence-corrected chi connectivity index (χ1v) is 8.04. The van der Waals surface area contributed by atoms with Crippen molar-refractivity contribution in [3.63, 3.8) is 0 Å². The number of hydrogen-bond acceptors (Lipinski definition) is 2. The van der Waals surface area contributed by atoms with Gasteiger partial charge in [0.2, 0.25) is 0 Å². The first kappa shape index (κ1) is 14.3. The van der Waals surface area contributed by atoms with Crippen LogP contribution in [-0.4, -0.2) is 17.3 Å². The van der Waals surface area contributed by atoms with Gasteiger partial charge in [-0.3, -0.25) is 0 Å². The van der Waals surface area contributed by atoms with Crippen molar-refractivity contribution in [1.29, 1.82) is 0 Å². The molecule has 0 bridgehead atoms. The summed E-state index contributed by atoms with van der Waals surface area (Å²) in [6.45, 7) is 5.19. The van der Waals surface area contributed by atoms with E-state index in [-0.39, 0.29) is 5.41 Å². The maximum absolute atomic E-state index is 11.4. The van der Waals surface area contributed by atoms with Gasteiger partial charge in [-0.05, 0) is 43.9 Å². The maximum Gasteiger partial charge on any atom is 0.0743 e. The first-order chi connectivity index (χ1) is 8.62. The van der Waals surface area contributed by atoms with Crippen molar-refractivity contribution in [2.45, 2.75) is 77.2 Å². The van der Waals surface area contributed by atoms with Crippen LogP contribution in [0.5, 0.6) is 0 Å². The van der Waals surface area contributed by atoms with Crippen molar-refractivity contribution in [3.8, 4) is 0 Å². The normalized spacial score (nSPS) is 45.3. The van der Waals surface area contributed by atoms with Gasteiger partial charge in [-0.2, -0.15) is 0 Å². The first-order valence-electron chi connectivity index (χ1n) is 8.04. The van der Waals surface area contributed by atoms with Crippen LogP contribution in [0.3, 0.4) is 0 Å². The molecule has 18 heavy (non-hydrogen) atoms. The molecule has 0 amide bonds. The van der Waals surface area contributed by atoms with Gasteiger partial charge in [0.15, 0.2) is 0 Å². The molecule has 2 heteroatoms. The van der Waals surface area contributed by atoms with E-state index in [1.165, 1.54) is 32.1 Å². The van der Waals surface area contributed by atoms with Crippen LogP contribution in [0.1, 0.15) is 71.6 Å². The summed E-state index contributed by atoms with van der Waals surface area (Å²) in [6, 6.07) is 0. The number of nitrogens with two attached hydrogens (primary N) is 1. The molecular weight excluding hydrogens is 222 g/mol. The lowest BCUT2D eigenvalue weighted by atomic mass is 9.58. The third-order valence-corrected chi connectivity index (χ3v) is 6.13. The van der Waals surface area contributed by atoms with Gasteiger partial charge >= 0.3 is 0 Å². The Balaban J connectivity index is 2.24. The van der Waals surface area contributed by atoms with E-state index in [0.29, 0.717) is 12.5 Å². The maximum atomic E-state index is 11.4. The Morgan fingerprint density at radius 1 is 1.11 bits per heavy atom. The van der Waals surface area contributed by atoms with Gasteiger partial charge in [-0.1, -0.05) is 39.5 Å². The number of hydrogen-bond donors (Lipinski definition) is 2. The molecule has 4 unspecified atom stereocenters. The van der Waals surface area contributed by atoms with E-state index in [0.717, 1.165) is 31.6 Å². The molecule has 4 atom stereocenters. The highest BCUT2D eigenvalue weighted by molar-refractivity contribution is 5.07. The fraction of sp³-hybridized carbons (Fsp3) is 1.00. The molecule has 2 aliphatic carbocycles. The lowest BCUT2D eigenvalue weighted by molar-refractivity contribution is -0.145. The van der Waals surface area contributed by atoms with Gasteiger partial charge in [0.25, 0.3) is 0 Å². The van der Waals surface area contributed by atoms with Crippen LogP contribution in [0, 0.1) is 17.3 Å². The summed E-state index contributed by atoms with van der Waals surface area (Å²) < 4.78 is 0. The van der Waals surface area contributed by atoms with Gasteiger partial charge in [0.05, 0.1) is 5.60 Å². The van der Waals surface area contributed by atoms with E-state index >= 15 is 0 Å². The number of aliphatic hydroxyl groups is 1. The quantitative estimate of drug-likeness (QED) is 0.806. The molecule has 0 aromatic carbocycles. The molecule has 0 aromatic heterocycles.